The van der Waals surface area contributed by atoms with Crippen LogP contribution >= 0.6 is 11.6 Å². The topological polar surface area (TPSA) is 144 Å². The van der Waals surface area contributed by atoms with Gasteiger partial charge in [-0.1, -0.05) is 90.5 Å². The highest BCUT2D eigenvalue weighted by molar-refractivity contribution is 6.31. The molecule has 0 aliphatic heterocycles. The van der Waals surface area contributed by atoms with Crippen molar-refractivity contribution in [3.63, 3.8) is 0 Å². The van der Waals surface area contributed by atoms with E-state index in [4.69, 9.17) is 16.3 Å². The van der Waals surface area contributed by atoms with Crippen molar-refractivity contribution in [3.8, 4) is 0 Å². The molecule has 0 bridgehead atoms. The van der Waals surface area contributed by atoms with Gasteiger partial charge in [-0.15, -0.1) is 0 Å². The van der Waals surface area contributed by atoms with Crippen molar-refractivity contribution in [2.75, 3.05) is 11.9 Å². The average molecular weight is 644 g/mol. The molecule has 4 aromatic rings. The molecule has 1 heterocycles. The number of benzene rings is 3. The largest absolute Gasteiger partial charge is 0.481 e. The zero-order chi connectivity index (χ0) is 32.9. The van der Waals surface area contributed by atoms with Gasteiger partial charge in [0.25, 0.3) is 5.56 Å². The maximum atomic E-state index is 13.6. The van der Waals surface area contributed by atoms with Crippen LogP contribution in [0, 0.1) is 0 Å². The van der Waals surface area contributed by atoms with Crippen LogP contribution in [0.25, 0.3) is 0 Å². The van der Waals surface area contributed by atoms with Crippen LogP contribution in [0.4, 0.5) is 5.69 Å². The molecular formula is C35H34ClN3O7. The van der Waals surface area contributed by atoms with Gasteiger partial charge in [0.15, 0.2) is 5.78 Å². The highest BCUT2D eigenvalue weighted by atomic mass is 35.5. The van der Waals surface area contributed by atoms with Crippen molar-refractivity contribution < 1.29 is 29.0 Å². The molecule has 3 N–H and O–H groups in total. The summed E-state index contributed by atoms with van der Waals surface area (Å²) in [5, 5.41) is 15.0. The van der Waals surface area contributed by atoms with Crippen molar-refractivity contribution in [3.05, 3.63) is 135 Å². The van der Waals surface area contributed by atoms with Crippen molar-refractivity contribution >= 4 is 40.9 Å². The van der Waals surface area contributed by atoms with Gasteiger partial charge in [-0.05, 0) is 41.3 Å². The van der Waals surface area contributed by atoms with Crippen molar-refractivity contribution in [1.82, 2.24) is 9.88 Å². The standard InChI is InChI=1S/C35H34ClN3O7/c36-28-14-8-7-13-26(28)22-46-23-31(40)30(20-34(43)44)38-33(42)21-39-27(19-25-11-5-2-6-12-25)16-17-29(35(39)45)37-32(41)18-15-24-9-3-1-4-10-24/h1-14,16-17,30H,15,18-23H2,(H,37,41)(H,38,42)(H,43,44)/t30-/m0/s1. The number of halogens is 1. The molecule has 10 nitrogen and oxygen atoms in total. The van der Waals surface area contributed by atoms with Crippen molar-refractivity contribution in [2.24, 2.45) is 0 Å². The van der Waals surface area contributed by atoms with Crippen LogP contribution in [0.5, 0.6) is 0 Å². The molecule has 2 amide bonds. The molecule has 0 saturated carbocycles. The number of carbonyl (C=O) groups excluding carboxylic acids is 3. The molecule has 238 valence electrons. The first-order valence-corrected chi connectivity index (χ1v) is 15.0. The summed E-state index contributed by atoms with van der Waals surface area (Å²) in [5.74, 6) is -3.07. The second kappa shape index (κ2) is 16.9. The lowest BCUT2D eigenvalue weighted by Gasteiger charge is -2.19. The molecule has 0 saturated heterocycles. The van der Waals surface area contributed by atoms with E-state index in [1.54, 1.807) is 30.3 Å². The van der Waals surface area contributed by atoms with E-state index >= 15 is 0 Å². The lowest BCUT2D eigenvalue weighted by atomic mass is 10.1. The minimum Gasteiger partial charge on any atom is -0.481 e. The summed E-state index contributed by atoms with van der Waals surface area (Å²) in [5.41, 5.74) is 2.37. The van der Waals surface area contributed by atoms with E-state index < -0.39 is 48.8 Å². The number of aryl methyl sites for hydroxylation is 1. The smallest absolute Gasteiger partial charge is 0.305 e. The van der Waals surface area contributed by atoms with Gasteiger partial charge in [-0.3, -0.25) is 24.0 Å². The number of amides is 2. The first-order valence-electron chi connectivity index (χ1n) is 14.6. The molecule has 3 aromatic carbocycles. The van der Waals surface area contributed by atoms with Gasteiger partial charge < -0.3 is 25.0 Å². The van der Waals surface area contributed by atoms with E-state index in [0.717, 1.165) is 11.1 Å². The summed E-state index contributed by atoms with van der Waals surface area (Å²) in [6.07, 6.45) is 0.256. The second-order valence-corrected chi connectivity index (χ2v) is 11.0. The van der Waals surface area contributed by atoms with Crippen LogP contribution in [-0.2, 0) is 49.9 Å². The van der Waals surface area contributed by atoms with E-state index in [2.05, 4.69) is 10.6 Å². The third-order valence-corrected chi connectivity index (χ3v) is 7.48. The number of Topliss-reactive ketones (excluding diaryl/α,β-unsaturated/α-hetero) is 1. The third kappa shape index (κ3) is 10.3. The lowest BCUT2D eigenvalue weighted by molar-refractivity contribution is -0.141. The van der Waals surface area contributed by atoms with Crippen LogP contribution in [-0.4, -0.2) is 45.9 Å². The van der Waals surface area contributed by atoms with E-state index in [0.29, 0.717) is 29.1 Å². The molecule has 0 aliphatic rings. The fraction of sp³-hybridized carbons (Fsp3) is 0.229. The van der Waals surface area contributed by atoms with Crippen LogP contribution in [0.15, 0.2) is 102 Å². The normalized spacial score (nSPS) is 11.4. The van der Waals surface area contributed by atoms with Gasteiger partial charge in [0, 0.05) is 23.6 Å². The number of nitrogens with one attached hydrogen (secondary N) is 2. The molecule has 0 spiro atoms. The molecule has 1 aromatic heterocycles. The maximum Gasteiger partial charge on any atom is 0.305 e. The van der Waals surface area contributed by atoms with Crippen LogP contribution in [0.3, 0.4) is 0 Å². The number of aromatic nitrogens is 1. The Labute approximate surface area is 271 Å². The fourth-order valence-electron chi connectivity index (χ4n) is 4.74. The number of aliphatic carboxylic acids is 1. The highest BCUT2D eigenvalue weighted by Gasteiger charge is 2.25. The monoisotopic (exact) mass is 643 g/mol. The molecule has 4 rings (SSSR count). The number of hydrogen-bond donors (Lipinski definition) is 3. The predicted molar refractivity (Wildman–Crippen MR) is 174 cm³/mol. The number of carboxylic acids is 1. The molecular weight excluding hydrogens is 610 g/mol. The summed E-state index contributed by atoms with van der Waals surface area (Å²) in [4.78, 5) is 64.0. The summed E-state index contributed by atoms with van der Waals surface area (Å²) >= 11 is 6.12. The van der Waals surface area contributed by atoms with Gasteiger partial charge in [-0.2, -0.15) is 0 Å². The van der Waals surface area contributed by atoms with Gasteiger partial charge in [0.2, 0.25) is 11.8 Å². The molecule has 0 aliphatic carbocycles. The maximum absolute atomic E-state index is 13.6. The quantitative estimate of drug-likeness (QED) is 0.164. The Balaban J connectivity index is 1.48. The number of ketones is 1. The van der Waals surface area contributed by atoms with Gasteiger partial charge in [-0.25, -0.2) is 0 Å². The zero-order valence-electron chi connectivity index (χ0n) is 25.0. The molecule has 1 atom stereocenters. The Morgan fingerprint density at radius 2 is 1.48 bits per heavy atom. The fourth-order valence-corrected chi connectivity index (χ4v) is 4.93. The Kier molecular flexibility index (Phi) is 12.4. The number of rotatable bonds is 16. The van der Waals surface area contributed by atoms with E-state index in [9.17, 15) is 29.1 Å². The molecule has 46 heavy (non-hydrogen) atoms. The first kappa shape index (κ1) is 33.8. The molecule has 0 fully saturated rings. The van der Waals surface area contributed by atoms with Crippen molar-refractivity contribution in [1.29, 1.82) is 0 Å². The molecule has 0 radical (unpaired) electrons. The van der Waals surface area contributed by atoms with Crippen LogP contribution in [0.2, 0.25) is 5.02 Å². The summed E-state index contributed by atoms with van der Waals surface area (Å²) in [7, 11) is 0. The van der Waals surface area contributed by atoms with E-state index in [-0.39, 0.29) is 24.6 Å². The number of anilines is 1. The first-order chi connectivity index (χ1) is 22.2. The van der Waals surface area contributed by atoms with Gasteiger partial charge in [0.1, 0.15) is 24.9 Å². The minimum atomic E-state index is -1.40. The van der Waals surface area contributed by atoms with Crippen LogP contribution < -0.4 is 16.2 Å². The van der Waals surface area contributed by atoms with Crippen molar-refractivity contribution in [2.45, 2.75) is 44.9 Å². The zero-order valence-corrected chi connectivity index (χ0v) is 25.7. The number of hydrogen-bond acceptors (Lipinski definition) is 6. The SMILES string of the molecule is O=C(O)C[C@H](NC(=O)Cn1c(Cc2ccccc2)ccc(NC(=O)CCc2ccccc2)c1=O)C(=O)COCc1ccccc1Cl. The molecule has 0 unspecified atom stereocenters. The summed E-state index contributed by atoms with van der Waals surface area (Å²) in [6.45, 7) is -0.965. The number of carboxylic acid groups (broad SMARTS) is 1. The lowest BCUT2D eigenvalue weighted by Crippen LogP contribution is -2.46. The molecule has 11 heteroatoms. The predicted octanol–water partition coefficient (Wildman–Crippen LogP) is 4.41. The van der Waals surface area contributed by atoms with Gasteiger partial charge >= 0.3 is 5.97 Å². The Morgan fingerprint density at radius 1 is 0.826 bits per heavy atom. The second-order valence-electron chi connectivity index (χ2n) is 10.6. The minimum absolute atomic E-state index is 0.00573. The third-order valence-electron chi connectivity index (χ3n) is 7.11. The summed E-state index contributed by atoms with van der Waals surface area (Å²) < 4.78 is 6.67. The van der Waals surface area contributed by atoms with Crippen LogP contribution in [0.1, 0.15) is 35.2 Å². The number of pyridine rings is 1. The van der Waals surface area contributed by atoms with E-state index in [1.807, 2.05) is 60.7 Å². The Morgan fingerprint density at radius 3 is 2.15 bits per heavy atom. The van der Waals surface area contributed by atoms with Gasteiger partial charge in [0.05, 0.1) is 13.0 Å². The number of carbonyl (C=O) groups is 4. The highest BCUT2D eigenvalue weighted by Crippen LogP contribution is 2.16. The van der Waals surface area contributed by atoms with E-state index in [1.165, 1.54) is 10.6 Å². The Bertz CT molecular complexity index is 1730. The number of nitrogens with zero attached hydrogens (tertiary/aromatic N) is 1. The summed E-state index contributed by atoms with van der Waals surface area (Å²) in [6, 6.07) is 27.4. The number of ether oxygens (including phenoxy) is 1. The Hall–Kier alpha value is -5.06. The average Bonchev–Trinajstić information content (AvgIpc) is 3.04.